The number of rotatable bonds is 5. The van der Waals surface area contributed by atoms with E-state index in [1.54, 1.807) is 0 Å². The van der Waals surface area contributed by atoms with Gasteiger partial charge in [-0.2, -0.15) is 0 Å². The number of para-hydroxylation sites is 1. The summed E-state index contributed by atoms with van der Waals surface area (Å²) in [5.74, 6) is 0.895. The normalized spacial score (nSPS) is 20.8. The number of carbonyl (C=O) groups excluding carboxylic acids is 1. The van der Waals surface area contributed by atoms with E-state index >= 15 is 0 Å². The maximum absolute atomic E-state index is 13.7. The van der Waals surface area contributed by atoms with Gasteiger partial charge in [-0.3, -0.25) is 9.69 Å². The van der Waals surface area contributed by atoms with Crippen LogP contribution in [-0.2, 0) is 28.0 Å². The summed E-state index contributed by atoms with van der Waals surface area (Å²) in [5, 5.41) is 3.14. The van der Waals surface area contributed by atoms with Crippen LogP contribution < -0.4 is 10.2 Å². The number of hydrogen-bond acceptors (Lipinski definition) is 5. The predicted molar refractivity (Wildman–Crippen MR) is 130 cm³/mol. The Morgan fingerprint density at radius 2 is 1.70 bits per heavy atom. The Morgan fingerprint density at radius 3 is 2.42 bits per heavy atom. The molecular weight excluding hydrogens is 412 g/mol. The minimum absolute atomic E-state index is 0.0284. The number of fused-ring (bicyclic) bond motifs is 1. The van der Waals surface area contributed by atoms with Crippen molar-refractivity contribution in [3.05, 3.63) is 89.6 Å². The molecule has 0 aliphatic carbocycles. The third-order valence-corrected chi connectivity index (χ3v) is 6.54. The standard InChI is InChI=1S/C27H30N4O2/c1-27(26(32)28-23-10-6-3-7-11-23)20-30(18-21-8-4-2-5-9-21)19-22-12-13-24(29-25(22)27)31-14-16-33-17-15-31/h2-13H,14-20H2,1H3,(H,28,32). The van der Waals surface area contributed by atoms with Gasteiger partial charge in [0.05, 0.1) is 18.9 Å². The number of amides is 1. The first-order valence-corrected chi connectivity index (χ1v) is 11.6. The van der Waals surface area contributed by atoms with Crippen LogP contribution in [0.2, 0.25) is 0 Å². The SMILES string of the molecule is CC1(C(=O)Nc2ccccc2)CN(Cc2ccccc2)Cc2ccc(N3CCOCC3)nc21. The van der Waals surface area contributed by atoms with Gasteiger partial charge < -0.3 is 15.0 Å². The van der Waals surface area contributed by atoms with Gasteiger partial charge in [0.1, 0.15) is 11.2 Å². The zero-order valence-corrected chi connectivity index (χ0v) is 19.0. The first kappa shape index (κ1) is 21.6. The van der Waals surface area contributed by atoms with Gasteiger partial charge in [0.15, 0.2) is 0 Å². The minimum Gasteiger partial charge on any atom is -0.378 e. The van der Waals surface area contributed by atoms with E-state index < -0.39 is 5.41 Å². The van der Waals surface area contributed by atoms with Gasteiger partial charge in [-0.15, -0.1) is 0 Å². The molecule has 5 rings (SSSR count). The topological polar surface area (TPSA) is 57.7 Å². The Balaban J connectivity index is 1.49. The molecule has 0 spiro atoms. The van der Waals surface area contributed by atoms with Crippen LogP contribution in [-0.4, -0.2) is 48.6 Å². The molecule has 0 radical (unpaired) electrons. The predicted octanol–water partition coefficient (Wildman–Crippen LogP) is 3.83. The molecule has 6 heteroatoms. The maximum atomic E-state index is 13.7. The number of carbonyl (C=O) groups is 1. The van der Waals surface area contributed by atoms with Gasteiger partial charge in [0.25, 0.3) is 0 Å². The Hall–Kier alpha value is -3.22. The first-order valence-electron chi connectivity index (χ1n) is 11.6. The molecule has 33 heavy (non-hydrogen) atoms. The third-order valence-electron chi connectivity index (χ3n) is 6.54. The van der Waals surface area contributed by atoms with Crippen molar-refractivity contribution in [3.63, 3.8) is 0 Å². The average Bonchev–Trinajstić information content (AvgIpc) is 2.86. The number of hydrogen-bond donors (Lipinski definition) is 1. The average molecular weight is 443 g/mol. The van der Waals surface area contributed by atoms with Gasteiger partial charge in [-0.25, -0.2) is 4.98 Å². The van der Waals surface area contributed by atoms with Crippen molar-refractivity contribution >= 4 is 17.4 Å². The van der Waals surface area contributed by atoms with Crippen LogP contribution in [0.4, 0.5) is 11.5 Å². The molecule has 1 saturated heterocycles. The summed E-state index contributed by atoms with van der Waals surface area (Å²) in [7, 11) is 0. The Bertz CT molecular complexity index is 1100. The summed E-state index contributed by atoms with van der Waals surface area (Å²) in [5.41, 5.74) is 3.25. The van der Waals surface area contributed by atoms with Crippen molar-refractivity contribution < 1.29 is 9.53 Å². The van der Waals surface area contributed by atoms with Crippen LogP contribution in [0.1, 0.15) is 23.7 Å². The molecule has 2 aliphatic rings. The number of pyridine rings is 1. The first-order chi connectivity index (χ1) is 16.1. The Morgan fingerprint density at radius 1 is 1.00 bits per heavy atom. The zero-order valence-electron chi connectivity index (χ0n) is 19.0. The van der Waals surface area contributed by atoms with E-state index in [-0.39, 0.29) is 5.91 Å². The second kappa shape index (κ2) is 9.33. The number of ether oxygens (including phenoxy) is 1. The molecule has 2 aliphatic heterocycles. The van der Waals surface area contributed by atoms with Gasteiger partial charge in [-0.1, -0.05) is 54.6 Å². The summed E-state index contributed by atoms with van der Waals surface area (Å²) < 4.78 is 5.51. The van der Waals surface area contributed by atoms with Gasteiger partial charge in [0, 0.05) is 38.4 Å². The van der Waals surface area contributed by atoms with Gasteiger partial charge >= 0.3 is 0 Å². The number of nitrogens with zero attached hydrogens (tertiary/aromatic N) is 3. The molecule has 170 valence electrons. The van der Waals surface area contributed by atoms with Crippen LogP contribution >= 0.6 is 0 Å². The van der Waals surface area contributed by atoms with Crippen molar-refractivity contribution in [2.24, 2.45) is 0 Å². The van der Waals surface area contributed by atoms with Gasteiger partial charge in [0.2, 0.25) is 5.91 Å². The second-order valence-electron chi connectivity index (χ2n) is 9.06. The fraction of sp³-hybridized carbons (Fsp3) is 0.333. The van der Waals surface area contributed by atoms with E-state index in [0.717, 1.165) is 48.9 Å². The molecule has 1 fully saturated rings. The fourth-order valence-electron chi connectivity index (χ4n) is 4.79. The number of benzene rings is 2. The van der Waals surface area contributed by atoms with Crippen molar-refractivity contribution in [1.82, 2.24) is 9.88 Å². The van der Waals surface area contributed by atoms with Crippen LogP contribution in [0.5, 0.6) is 0 Å². The number of aromatic nitrogens is 1. The summed E-state index contributed by atoms with van der Waals surface area (Å²) >= 11 is 0. The molecule has 0 bridgehead atoms. The molecule has 1 unspecified atom stereocenters. The van der Waals surface area contributed by atoms with Crippen LogP contribution in [0.15, 0.2) is 72.8 Å². The highest BCUT2D eigenvalue weighted by Crippen LogP contribution is 2.36. The highest BCUT2D eigenvalue weighted by Gasteiger charge is 2.43. The van der Waals surface area contributed by atoms with E-state index in [0.29, 0.717) is 19.8 Å². The van der Waals surface area contributed by atoms with E-state index in [1.165, 1.54) is 5.56 Å². The molecule has 1 atom stereocenters. The molecule has 6 nitrogen and oxygen atoms in total. The number of morpholine rings is 1. The summed E-state index contributed by atoms with van der Waals surface area (Å²) in [6.07, 6.45) is 0. The van der Waals surface area contributed by atoms with E-state index in [1.807, 2.05) is 43.3 Å². The lowest BCUT2D eigenvalue weighted by Gasteiger charge is -2.41. The monoisotopic (exact) mass is 442 g/mol. The Labute approximate surface area is 195 Å². The lowest BCUT2D eigenvalue weighted by atomic mass is 9.79. The maximum Gasteiger partial charge on any atom is 0.237 e. The van der Waals surface area contributed by atoms with E-state index in [4.69, 9.17) is 9.72 Å². The summed E-state index contributed by atoms with van der Waals surface area (Å²) in [6, 6.07) is 24.3. The molecule has 1 aromatic heterocycles. The lowest BCUT2D eigenvalue weighted by molar-refractivity contribution is -0.122. The molecule has 2 aromatic carbocycles. The van der Waals surface area contributed by atoms with Crippen molar-refractivity contribution in [2.75, 3.05) is 43.1 Å². The zero-order chi connectivity index (χ0) is 22.7. The van der Waals surface area contributed by atoms with Crippen molar-refractivity contribution in [2.45, 2.75) is 25.4 Å². The molecule has 3 heterocycles. The van der Waals surface area contributed by atoms with Gasteiger partial charge in [-0.05, 0) is 36.2 Å². The molecule has 3 aromatic rings. The molecule has 0 saturated carbocycles. The molecule has 1 N–H and O–H groups in total. The third kappa shape index (κ3) is 4.63. The van der Waals surface area contributed by atoms with Crippen molar-refractivity contribution in [3.8, 4) is 0 Å². The smallest absolute Gasteiger partial charge is 0.237 e. The minimum atomic E-state index is -0.777. The highest BCUT2D eigenvalue weighted by atomic mass is 16.5. The molecular formula is C27H30N4O2. The number of nitrogens with one attached hydrogen (secondary N) is 1. The van der Waals surface area contributed by atoms with Crippen molar-refractivity contribution in [1.29, 1.82) is 0 Å². The largest absolute Gasteiger partial charge is 0.378 e. The van der Waals surface area contributed by atoms with E-state index in [9.17, 15) is 4.79 Å². The second-order valence-corrected chi connectivity index (χ2v) is 9.06. The number of anilines is 2. The molecule has 1 amide bonds. The van der Waals surface area contributed by atoms with Crippen LogP contribution in [0, 0.1) is 0 Å². The lowest BCUT2D eigenvalue weighted by Crippen LogP contribution is -2.51. The van der Waals surface area contributed by atoms with Crippen LogP contribution in [0.25, 0.3) is 0 Å². The summed E-state index contributed by atoms with van der Waals surface area (Å²) in [4.78, 5) is 23.4. The fourth-order valence-corrected chi connectivity index (χ4v) is 4.79. The highest BCUT2D eigenvalue weighted by molar-refractivity contribution is 5.99. The van der Waals surface area contributed by atoms with Crippen LogP contribution in [0.3, 0.4) is 0 Å². The summed E-state index contributed by atoms with van der Waals surface area (Å²) in [6.45, 7) is 7.24. The quantitative estimate of drug-likeness (QED) is 0.651. The Kier molecular flexibility index (Phi) is 6.11. The van der Waals surface area contributed by atoms with E-state index in [2.05, 4.69) is 51.5 Å².